The molecule has 1 aromatic rings. The van der Waals surface area contributed by atoms with Gasteiger partial charge in [0.2, 0.25) is 5.91 Å². The monoisotopic (exact) mass is 255 g/mol. The van der Waals surface area contributed by atoms with Crippen molar-refractivity contribution in [2.45, 2.75) is 13.0 Å². The van der Waals surface area contributed by atoms with Crippen LogP contribution in [0.5, 0.6) is 0 Å². The summed E-state index contributed by atoms with van der Waals surface area (Å²) in [6, 6.07) is 3.69. The minimum Gasteiger partial charge on any atom is -0.341 e. The van der Waals surface area contributed by atoms with E-state index in [4.69, 9.17) is 0 Å². The summed E-state index contributed by atoms with van der Waals surface area (Å²) in [7, 11) is 3.33. The van der Waals surface area contributed by atoms with E-state index < -0.39 is 6.03 Å². The number of hydrogen-bond acceptors (Lipinski definition) is 4. The Morgan fingerprint density at radius 2 is 2.24 bits per heavy atom. The fourth-order valence-electron chi connectivity index (χ4n) is 1.34. The molecule has 0 unspecified atom stereocenters. The third-order valence-corrected chi connectivity index (χ3v) is 3.53. The molecule has 3 amide bonds. The van der Waals surface area contributed by atoms with E-state index >= 15 is 0 Å². The van der Waals surface area contributed by atoms with Crippen molar-refractivity contribution in [2.24, 2.45) is 0 Å². The lowest BCUT2D eigenvalue weighted by Gasteiger charge is -2.22. The number of likely N-dealkylation sites (N-methyl/N-ethyl adjacent to an activating group) is 1. The predicted molar refractivity (Wildman–Crippen MR) is 68.0 cm³/mol. The molecule has 0 spiro atoms. The molecule has 1 rings (SSSR count). The van der Waals surface area contributed by atoms with Crippen molar-refractivity contribution in [1.82, 2.24) is 15.5 Å². The first-order valence-corrected chi connectivity index (χ1v) is 6.17. The van der Waals surface area contributed by atoms with Gasteiger partial charge in [-0.1, -0.05) is 6.07 Å². The number of amides is 3. The van der Waals surface area contributed by atoms with Gasteiger partial charge in [-0.15, -0.1) is 11.3 Å². The van der Waals surface area contributed by atoms with Gasteiger partial charge in [0.25, 0.3) is 0 Å². The van der Waals surface area contributed by atoms with Crippen LogP contribution in [0.1, 0.15) is 17.8 Å². The molecule has 1 atom stereocenters. The first kappa shape index (κ1) is 13.7. The third kappa shape index (κ3) is 4.16. The van der Waals surface area contributed by atoms with Crippen molar-refractivity contribution in [2.75, 3.05) is 20.6 Å². The summed E-state index contributed by atoms with van der Waals surface area (Å²) < 4.78 is 0. The molecule has 17 heavy (non-hydrogen) atoms. The van der Waals surface area contributed by atoms with Crippen molar-refractivity contribution in [3.63, 3.8) is 0 Å². The minimum atomic E-state index is -0.479. The van der Waals surface area contributed by atoms with Gasteiger partial charge in [-0.3, -0.25) is 15.0 Å². The molecule has 94 valence electrons. The van der Waals surface area contributed by atoms with Crippen molar-refractivity contribution in [1.29, 1.82) is 0 Å². The van der Waals surface area contributed by atoms with E-state index in [2.05, 4.69) is 10.6 Å². The number of nitrogens with one attached hydrogen (secondary N) is 2. The normalized spacial score (nSPS) is 12.2. The smallest absolute Gasteiger partial charge is 0.321 e. The molecule has 0 aromatic carbocycles. The van der Waals surface area contributed by atoms with E-state index in [0.717, 1.165) is 0 Å². The van der Waals surface area contributed by atoms with Crippen LogP contribution < -0.4 is 10.6 Å². The van der Waals surface area contributed by atoms with Crippen LogP contribution in [0.3, 0.4) is 0 Å². The van der Waals surface area contributed by atoms with E-state index in [1.807, 2.05) is 36.4 Å². The molecule has 0 saturated heterocycles. The molecule has 0 radical (unpaired) electrons. The maximum Gasteiger partial charge on any atom is 0.321 e. The molecular formula is C11H17N3O2S. The Morgan fingerprint density at radius 3 is 2.76 bits per heavy atom. The first-order chi connectivity index (χ1) is 8.04. The van der Waals surface area contributed by atoms with Gasteiger partial charge in [0.15, 0.2) is 0 Å². The minimum absolute atomic E-state index is 0.158. The molecule has 0 aliphatic carbocycles. The van der Waals surface area contributed by atoms with Gasteiger partial charge < -0.3 is 5.32 Å². The number of rotatable bonds is 4. The fraction of sp³-hybridized carbons (Fsp3) is 0.455. The molecule has 0 bridgehead atoms. The van der Waals surface area contributed by atoms with Gasteiger partial charge in [0.1, 0.15) is 0 Å². The standard InChI is InChI=1S/C11H17N3O2S/c1-8(9-5-4-6-17-9)14(3)7-10(15)13-11(16)12-2/h4-6,8H,7H2,1-3H3,(H2,12,13,15,16)/t8-/m1/s1. The number of nitrogens with zero attached hydrogens (tertiary/aromatic N) is 1. The van der Waals surface area contributed by atoms with Gasteiger partial charge in [0.05, 0.1) is 6.54 Å². The second-order valence-electron chi connectivity index (χ2n) is 3.73. The van der Waals surface area contributed by atoms with Gasteiger partial charge >= 0.3 is 6.03 Å². The summed E-state index contributed by atoms with van der Waals surface area (Å²) in [5, 5.41) is 6.58. The van der Waals surface area contributed by atoms with Crippen LogP contribution in [0.25, 0.3) is 0 Å². The molecule has 5 nitrogen and oxygen atoms in total. The average Bonchev–Trinajstić information content (AvgIpc) is 2.80. The zero-order chi connectivity index (χ0) is 12.8. The molecule has 2 N–H and O–H groups in total. The van der Waals surface area contributed by atoms with Crippen LogP contribution in [-0.4, -0.2) is 37.5 Å². The Kier molecular flexibility index (Phi) is 5.11. The second-order valence-corrected chi connectivity index (χ2v) is 4.71. The number of carbonyl (C=O) groups excluding carboxylic acids is 2. The Bertz CT molecular complexity index is 378. The molecular weight excluding hydrogens is 238 g/mol. The highest BCUT2D eigenvalue weighted by Crippen LogP contribution is 2.22. The number of imide groups is 1. The third-order valence-electron chi connectivity index (χ3n) is 2.49. The highest BCUT2D eigenvalue weighted by atomic mass is 32.1. The van der Waals surface area contributed by atoms with Crippen LogP contribution in [0.2, 0.25) is 0 Å². The topological polar surface area (TPSA) is 61.4 Å². The first-order valence-electron chi connectivity index (χ1n) is 5.29. The number of urea groups is 1. The lowest BCUT2D eigenvalue weighted by molar-refractivity contribution is -0.121. The molecule has 0 aliphatic rings. The SMILES string of the molecule is CNC(=O)NC(=O)CN(C)[C@H](C)c1cccs1. The van der Waals surface area contributed by atoms with E-state index in [0.29, 0.717) is 0 Å². The maximum absolute atomic E-state index is 11.5. The summed E-state index contributed by atoms with van der Waals surface area (Å²) in [6.07, 6.45) is 0. The van der Waals surface area contributed by atoms with E-state index in [1.165, 1.54) is 11.9 Å². The molecule has 0 fully saturated rings. The summed E-state index contributed by atoms with van der Waals surface area (Å²) in [5.74, 6) is -0.310. The fourth-order valence-corrected chi connectivity index (χ4v) is 2.19. The lowest BCUT2D eigenvalue weighted by atomic mass is 10.2. The van der Waals surface area contributed by atoms with Crippen LogP contribution in [-0.2, 0) is 4.79 Å². The summed E-state index contributed by atoms with van der Waals surface area (Å²) in [6.45, 7) is 2.21. The molecule has 1 heterocycles. The summed E-state index contributed by atoms with van der Waals surface area (Å²) in [4.78, 5) is 25.5. The Morgan fingerprint density at radius 1 is 1.53 bits per heavy atom. The maximum atomic E-state index is 11.5. The summed E-state index contributed by atoms with van der Waals surface area (Å²) in [5.41, 5.74) is 0. The van der Waals surface area contributed by atoms with Crippen molar-refractivity contribution in [3.8, 4) is 0 Å². The van der Waals surface area contributed by atoms with Crippen LogP contribution in [0.15, 0.2) is 17.5 Å². The highest BCUT2D eigenvalue weighted by molar-refractivity contribution is 7.10. The largest absolute Gasteiger partial charge is 0.341 e. The summed E-state index contributed by atoms with van der Waals surface area (Å²) >= 11 is 1.65. The lowest BCUT2D eigenvalue weighted by Crippen LogP contribution is -2.42. The molecule has 6 heteroatoms. The average molecular weight is 255 g/mol. The van der Waals surface area contributed by atoms with E-state index in [-0.39, 0.29) is 18.5 Å². The Labute approximate surface area is 105 Å². The van der Waals surface area contributed by atoms with Crippen LogP contribution >= 0.6 is 11.3 Å². The van der Waals surface area contributed by atoms with E-state index in [1.54, 1.807) is 11.3 Å². The Balaban J connectivity index is 2.46. The molecule has 0 saturated carbocycles. The molecule has 1 aromatic heterocycles. The molecule has 0 aliphatic heterocycles. The zero-order valence-corrected chi connectivity index (χ0v) is 11.0. The van der Waals surface area contributed by atoms with Crippen molar-refractivity contribution < 1.29 is 9.59 Å². The van der Waals surface area contributed by atoms with Crippen molar-refractivity contribution in [3.05, 3.63) is 22.4 Å². The van der Waals surface area contributed by atoms with Crippen LogP contribution in [0.4, 0.5) is 4.79 Å². The number of thiophene rings is 1. The second kappa shape index (κ2) is 6.36. The van der Waals surface area contributed by atoms with E-state index in [9.17, 15) is 9.59 Å². The van der Waals surface area contributed by atoms with Gasteiger partial charge in [-0.05, 0) is 25.4 Å². The Hall–Kier alpha value is -1.40. The van der Waals surface area contributed by atoms with Gasteiger partial charge in [-0.25, -0.2) is 4.79 Å². The van der Waals surface area contributed by atoms with Gasteiger partial charge in [0, 0.05) is 18.0 Å². The quantitative estimate of drug-likeness (QED) is 0.849. The highest BCUT2D eigenvalue weighted by Gasteiger charge is 2.16. The zero-order valence-electron chi connectivity index (χ0n) is 10.2. The van der Waals surface area contributed by atoms with Gasteiger partial charge in [-0.2, -0.15) is 0 Å². The van der Waals surface area contributed by atoms with Crippen molar-refractivity contribution >= 4 is 23.3 Å². The number of carbonyl (C=O) groups is 2. The predicted octanol–water partition coefficient (Wildman–Crippen LogP) is 1.20. The number of hydrogen-bond donors (Lipinski definition) is 2. The van der Waals surface area contributed by atoms with Crippen LogP contribution in [0, 0.1) is 0 Å².